The first kappa shape index (κ1) is 20.7. The van der Waals surface area contributed by atoms with Gasteiger partial charge in [0, 0.05) is 28.5 Å². The maximum absolute atomic E-state index is 9.55. The van der Waals surface area contributed by atoms with E-state index in [1.807, 2.05) is 11.6 Å². The van der Waals surface area contributed by atoms with Gasteiger partial charge in [-0.15, -0.1) is 11.8 Å². The van der Waals surface area contributed by atoms with E-state index in [1.165, 1.54) is 15.8 Å². The molecule has 0 saturated carbocycles. The molecule has 0 radical (unpaired) electrons. The number of nitrogens with two attached hydrogens (primary N) is 1. The number of benzene rings is 1. The molecule has 1 aromatic carbocycles. The normalized spacial score (nSPS) is 12.0. The van der Waals surface area contributed by atoms with Crippen LogP contribution in [0.5, 0.6) is 0 Å². The molecule has 7 nitrogen and oxygen atoms in total. The number of aliphatic carboxylic acids is 2. The van der Waals surface area contributed by atoms with Gasteiger partial charge in [0.2, 0.25) is 0 Å². The van der Waals surface area contributed by atoms with Crippen LogP contribution in [0.2, 0.25) is 0 Å². The first-order valence-electron chi connectivity index (χ1n) is 7.71. The van der Waals surface area contributed by atoms with Crippen molar-refractivity contribution in [3.05, 3.63) is 36.0 Å². The summed E-state index contributed by atoms with van der Waals surface area (Å²) in [5, 5.41) is 21.5. The molecule has 1 aromatic heterocycles. The minimum atomic E-state index is -1.26. The third-order valence-electron chi connectivity index (χ3n) is 3.20. The van der Waals surface area contributed by atoms with Crippen molar-refractivity contribution in [3.8, 4) is 0 Å². The van der Waals surface area contributed by atoms with Crippen LogP contribution in [0.4, 0.5) is 0 Å². The molecular weight excluding hydrogens is 342 g/mol. The predicted molar refractivity (Wildman–Crippen MR) is 99.0 cm³/mol. The van der Waals surface area contributed by atoms with Gasteiger partial charge in [-0.2, -0.15) is 5.10 Å². The molecule has 2 rings (SSSR count). The van der Waals surface area contributed by atoms with Gasteiger partial charge < -0.3 is 15.9 Å². The standard InChI is InChI=1S/C13H19N3S.C4H4O4/c1-4-12-11-6-5-10(17-3)7-13(11)16(15-12)8-9(2)14;5-3(6)1-2-4(7)8/h5-7,9H,4,8,14H2,1-3H3;1-2H,(H,5,6)(H,7,8)/b;2-1+/t9-;/m0./s1. The SMILES string of the molecule is CCc1nn(C[C@H](C)N)c2cc(SC)ccc12.O=C(O)/C=C/C(=O)O. The van der Waals surface area contributed by atoms with Gasteiger partial charge in [-0.25, -0.2) is 9.59 Å². The number of carboxylic acids is 2. The monoisotopic (exact) mass is 365 g/mol. The Balaban J connectivity index is 0.000000333. The molecule has 25 heavy (non-hydrogen) atoms. The van der Waals surface area contributed by atoms with Crippen LogP contribution >= 0.6 is 11.8 Å². The van der Waals surface area contributed by atoms with E-state index in [0.717, 1.165) is 18.7 Å². The molecule has 8 heteroatoms. The summed E-state index contributed by atoms with van der Waals surface area (Å²) in [5.41, 5.74) is 8.23. The Morgan fingerprint density at radius 2 is 1.92 bits per heavy atom. The number of nitrogens with zero attached hydrogens (tertiary/aromatic N) is 2. The summed E-state index contributed by atoms with van der Waals surface area (Å²) in [6.07, 6.45) is 4.17. The van der Waals surface area contributed by atoms with Crippen LogP contribution in [0.1, 0.15) is 19.5 Å². The predicted octanol–water partition coefficient (Wildman–Crippen LogP) is 2.38. The van der Waals surface area contributed by atoms with Gasteiger partial charge in [0.15, 0.2) is 0 Å². The second kappa shape index (κ2) is 9.85. The Bertz CT molecular complexity index is 753. The van der Waals surface area contributed by atoms with E-state index in [2.05, 4.69) is 36.5 Å². The van der Waals surface area contributed by atoms with Crippen LogP contribution in [-0.2, 0) is 22.6 Å². The highest BCUT2D eigenvalue weighted by Crippen LogP contribution is 2.25. The van der Waals surface area contributed by atoms with Gasteiger partial charge in [0.1, 0.15) is 0 Å². The second-order valence-corrected chi connectivity index (χ2v) is 6.23. The summed E-state index contributed by atoms with van der Waals surface area (Å²) in [4.78, 5) is 20.4. The van der Waals surface area contributed by atoms with E-state index in [4.69, 9.17) is 15.9 Å². The number of carboxylic acid groups (broad SMARTS) is 2. The van der Waals surface area contributed by atoms with E-state index in [0.29, 0.717) is 12.2 Å². The van der Waals surface area contributed by atoms with Crippen LogP contribution in [0, 0.1) is 0 Å². The van der Waals surface area contributed by atoms with Crippen molar-refractivity contribution in [3.63, 3.8) is 0 Å². The average molecular weight is 365 g/mol. The second-order valence-electron chi connectivity index (χ2n) is 5.35. The fourth-order valence-corrected chi connectivity index (χ4v) is 2.60. The molecular formula is C17H23N3O4S. The molecule has 2 aromatic rings. The van der Waals surface area contributed by atoms with Crippen molar-refractivity contribution in [1.29, 1.82) is 0 Å². The number of aryl methyl sites for hydroxylation is 1. The third-order valence-corrected chi connectivity index (χ3v) is 3.92. The maximum Gasteiger partial charge on any atom is 0.328 e. The Morgan fingerprint density at radius 1 is 1.32 bits per heavy atom. The molecule has 1 heterocycles. The average Bonchev–Trinajstić information content (AvgIpc) is 2.90. The fourth-order valence-electron chi connectivity index (χ4n) is 2.17. The molecule has 0 saturated heterocycles. The number of hydrogen-bond acceptors (Lipinski definition) is 5. The van der Waals surface area contributed by atoms with Crippen molar-refractivity contribution in [2.24, 2.45) is 5.73 Å². The zero-order valence-corrected chi connectivity index (χ0v) is 15.3. The lowest BCUT2D eigenvalue weighted by molar-refractivity contribution is -0.134. The molecule has 0 spiro atoms. The van der Waals surface area contributed by atoms with Gasteiger partial charge in [-0.05, 0) is 37.8 Å². The molecule has 0 bridgehead atoms. The van der Waals surface area contributed by atoms with E-state index in [-0.39, 0.29) is 6.04 Å². The number of aromatic nitrogens is 2. The highest BCUT2D eigenvalue weighted by Gasteiger charge is 2.10. The van der Waals surface area contributed by atoms with Crippen molar-refractivity contribution in [2.45, 2.75) is 37.8 Å². The Hall–Kier alpha value is -2.32. The summed E-state index contributed by atoms with van der Waals surface area (Å²) in [6.45, 7) is 4.92. The summed E-state index contributed by atoms with van der Waals surface area (Å²) >= 11 is 1.76. The molecule has 0 fully saturated rings. The lowest BCUT2D eigenvalue weighted by atomic mass is 10.2. The summed E-state index contributed by atoms with van der Waals surface area (Å²) in [7, 11) is 0. The van der Waals surface area contributed by atoms with Gasteiger partial charge in [-0.3, -0.25) is 4.68 Å². The smallest absolute Gasteiger partial charge is 0.328 e. The van der Waals surface area contributed by atoms with Gasteiger partial charge in [0.25, 0.3) is 0 Å². The number of rotatable bonds is 6. The molecule has 0 amide bonds. The lowest BCUT2D eigenvalue weighted by Gasteiger charge is -2.07. The van der Waals surface area contributed by atoms with Crippen molar-refractivity contribution < 1.29 is 19.8 Å². The molecule has 0 unspecified atom stereocenters. The minimum absolute atomic E-state index is 0.126. The minimum Gasteiger partial charge on any atom is -0.478 e. The van der Waals surface area contributed by atoms with Crippen LogP contribution in [0.15, 0.2) is 35.2 Å². The van der Waals surface area contributed by atoms with Gasteiger partial charge in [0.05, 0.1) is 17.8 Å². The number of fused-ring (bicyclic) bond motifs is 1. The quantitative estimate of drug-likeness (QED) is 0.531. The van der Waals surface area contributed by atoms with Gasteiger partial charge in [-0.1, -0.05) is 6.92 Å². The topological polar surface area (TPSA) is 118 Å². The van der Waals surface area contributed by atoms with Crippen LogP contribution in [0.25, 0.3) is 10.9 Å². The summed E-state index contributed by atoms with van der Waals surface area (Å²) in [5.74, 6) is -2.51. The third kappa shape index (κ3) is 6.60. The summed E-state index contributed by atoms with van der Waals surface area (Å²) < 4.78 is 2.04. The molecule has 136 valence electrons. The van der Waals surface area contributed by atoms with Crippen LogP contribution in [-0.4, -0.2) is 44.2 Å². The lowest BCUT2D eigenvalue weighted by Crippen LogP contribution is -2.22. The highest BCUT2D eigenvalue weighted by atomic mass is 32.2. The van der Waals surface area contributed by atoms with Crippen molar-refractivity contribution in [2.75, 3.05) is 6.26 Å². The first-order valence-corrected chi connectivity index (χ1v) is 8.93. The molecule has 0 aliphatic rings. The summed E-state index contributed by atoms with van der Waals surface area (Å²) in [6, 6.07) is 6.66. The van der Waals surface area contributed by atoms with Gasteiger partial charge >= 0.3 is 11.9 Å². The number of carbonyl (C=O) groups is 2. The maximum atomic E-state index is 9.55. The van der Waals surface area contributed by atoms with Crippen LogP contribution in [0.3, 0.4) is 0 Å². The molecule has 1 atom stereocenters. The number of hydrogen-bond donors (Lipinski definition) is 3. The Labute approximate surface area is 150 Å². The van der Waals surface area contributed by atoms with E-state index in [1.54, 1.807) is 11.8 Å². The largest absolute Gasteiger partial charge is 0.478 e. The zero-order chi connectivity index (χ0) is 19.0. The fraction of sp³-hybridized carbons (Fsp3) is 0.353. The first-order chi connectivity index (χ1) is 11.8. The van der Waals surface area contributed by atoms with Crippen molar-refractivity contribution >= 4 is 34.6 Å². The Morgan fingerprint density at radius 3 is 2.36 bits per heavy atom. The number of thioether (sulfide) groups is 1. The van der Waals surface area contributed by atoms with E-state index < -0.39 is 11.9 Å². The van der Waals surface area contributed by atoms with E-state index >= 15 is 0 Å². The highest BCUT2D eigenvalue weighted by molar-refractivity contribution is 7.98. The van der Waals surface area contributed by atoms with E-state index in [9.17, 15) is 9.59 Å². The Kier molecular flexibility index (Phi) is 8.17. The molecule has 0 aliphatic carbocycles. The van der Waals surface area contributed by atoms with Crippen molar-refractivity contribution in [1.82, 2.24) is 9.78 Å². The zero-order valence-electron chi connectivity index (χ0n) is 14.5. The van der Waals surface area contributed by atoms with Crippen LogP contribution < -0.4 is 5.73 Å². The molecule has 0 aliphatic heterocycles. The molecule has 4 N–H and O–H groups in total.